The van der Waals surface area contributed by atoms with Crippen molar-refractivity contribution in [3.8, 4) is 5.88 Å². The predicted octanol–water partition coefficient (Wildman–Crippen LogP) is 2.86. The smallest absolute Gasteiger partial charge is 0.228 e. The number of allylic oxidation sites excluding steroid dienone is 2. The van der Waals surface area contributed by atoms with E-state index in [1.807, 2.05) is 34.9 Å². The van der Waals surface area contributed by atoms with Crippen LogP contribution in [-0.2, 0) is 16.1 Å². The lowest BCUT2D eigenvalue weighted by atomic mass is 9.70. The van der Waals surface area contributed by atoms with E-state index in [9.17, 15) is 4.79 Å². The molecule has 1 aromatic heterocycles. The van der Waals surface area contributed by atoms with E-state index in [4.69, 9.17) is 14.9 Å². The average Bonchev–Trinajstić information content (AvgIpc) is 2.78. The minimum absolute atomic E-state index is 0.110. The molecule has 2 aromatic rings. The van der Waals surface area contributed by atoms with Crippen molar-refractivity contribution < 1.29 is 14.3 Å². The van der Waals surface area contributed by atoms with E-state index in [0.29, 0.717) is 47.6 Å². The highest BCUT2D eigenvalue weighted by molar-refractivity contribution is 6.00. The van der Waals surface area contributed by atoms with Crippen LogP contribution in [0.5, 0.6) is 5.88 Å². The fourth-order valence-corrected chi connectivity index (χ4v) is 5.02. The van der Waals surface area contributed by atoms with Crippen molar-refractivity contribution >= 4 is 5.78 Å². The van der Waals surface area contributed by atoms with Crippen LogP contribution in [0, 0.1) is 10.8 Å². The Hall–Kier alpha value is -2.77. The highest BCUT2D eigenvalue weighted by Gasteiger charge is 2.43. The standard InChI is InChI=1S/C25H30N4O3/c1-25(2)14-18(30)21-19(15-25)32-24-22(20(21)17-6-4-3-5-7-17)23(26)29(16-27-24)9-8-28-10-12-31-13-11-28/h3-7,16,20,26H,8-15H2,1-2H3/t20-/m0/s1. The second kappa shape index (κ2) is 8.30. The van der Waals surface area contributed by atoms with Crippen molar-refractivity contribution in [2.24, 2.45) is 5.41 Å². The molecule has 3 aliphatic rings. The summed E-state index contributed by atoms with van der Waals surface area (Å²) in [6.07, 6.45) is 2.88. The van der Waals surface area contributed by atoms with Gasteiger partial charge in [0.1, 0.15) is 17.6 Å². The Balaban J connectivity index is 1.56. The van der Waals surface area contributed by atoms with E-state index in [1.165, 1.54) is 0 Å². The first-order valence-corrected chi connectivity index (χ1v) is 11.4. The third kappa shape index (κ3) is 3.91. The Morgan fingerprint density at radius 1 is 1.12 bits per heavy atom. The van der Waals surface area contributed by atoms with Gasteiger partial charge < -0.3 is 14.0 Å². The molecule has 1 N–H and O–H groups in total. The zero-order chi connectivity index (χ0) is 22.3. The van der Waals surface area contributed by atoms with Gasteiger partial charge >= 0.3 is 0 Å². The average molecular weight is 435 g/mol. The molecule has 1 saturated heterocycles. The monoisotopic (exact) mass is 434 g/mol. The summed E-state index contributed by atoms with van der Waals surface area (Å²) in [5.41, 5.74) is 2.60. The SMILES string of the molecule is CC1(C)CC(=O)C2=C(C1)Oc1ncn(CCN3CCOCC3)c(=N)c1[C@H]2c1ccccc1. The maximum Gasteiger partial charge on any atom is 0.228 e. The maximum atomic E-state index is 13.3. The first-order valence-electron chi connectivity index (χ1n) is 11.4. The molecular weight excluding hydrogens is 404 g/mol. The van der Waals surface area contributed by atoms with Gasteiger partial charge in [0.2, 0.25) is 5.88 Å². The van der Waals surface area contributed by atoms with Gasteiger partial charge in [-0.2, -0.15) is 0 Å². The van der Waals surface area contributed by atoms with E-state index < -0.39 is 0 Å². The molecule has 0 unspecified atom stereocenters. The van der Waals surface area contributed by atoms with Crippen molar-refractivity contribution in [3.63, 3.8) is 0 Å². The third-order valence-electron chi connectivity index (χ3n) is 6.66. The fourth-order valence-electron chi connectivity index (χ4n) is 5.02. The van der Waals surface area contributed by atoms with Crippen LogP contribution in [0.3, 0.4) is 0 Å². The van der Waals surface area contributed by atoms with Gasteiger partial charge in [0.15, 0.2) is 5.78 Å². The number of hydrogen-bond donors (Lipinski definition) is 1. The summed E-state index contributed by atoms with van der Waals surface area (Å²) in [5.74, 6) is 0.953. The molecule has 1 fully saturated rings. The Kier molecular flexibility index (Phi) is 5.47. The topological polar surface area (TPSA) is 80.4 Å². The van der Waals surface area contributed by atoms with Crippen LogP contribution >= 0.6 is 0 Å². The van der Waals surface area contributed by atoms with Crippen LogP contribution in [0.15, 0.2) is 48.0 Å². The number of carbonyl (C=O) groups excluding carboxylic acids is 1. The van der Waals surface area contributed by atoms with E-state index in [2.05, 4.69) is 23.7 Å². The van der Waals surface area contributed by atoms with Crippen molar-refractivity contribution in [1.82, 2.24) is 14.5 Å². The zero-order valence-corrected chi connectivity index (χ0v) is 18.8. The molecule has 7 heteroatoms. The molecule has 0 spiro atoms. The van der Waals surface area contributed by atoms with Gasteiger partial charge in [-0.3, -0.25) is 15.1 Å². The molecule has 32 heavy (non-hydrogen) atoms. The van der Waals surface area contributed by atoms with E-state index in [-0.39, 0.29) is 17.1 Å². The van der Waals surface area contributed by atoms with E-state index in [0.717, 1.165) is 38.4 Å². The molecule has 5 rings (SSSR count). The summed E-state index contributed by atoms with van der Waals surface area (Å²) in [5, 5.41) is 9.04. The minimum atomic E-state index is -0.325. The van der Waals surface area contributed by atoms with Gasteiger partial charge in [-0.1, -0.05) is 44.2 Å². The minimum Gasteiger partial charge on any atom is -0.442 e. The molecule has 7 nitrogen and oxygen atoms in total. The van der Waals surface area contributed by atoms with Gasteiger partial charge in [-0.25, -0.2) is 4.98 Å². The van der Waals surface area contributed by atoms with Gasteiger partial charge in [0, 0.05) is 50.5 Å². The lowest BCUT2D eigenvalue weighted by Crippen LogP contribution is -2.41. The largest absolute Gasteiger partial charge is 0.442 e. The summed E-state index contributed by atoms with van der Waals surface area (Å²) in [7, 11) is 0. The van der Waals surface area contributed by atoms with E-state index in [1.54, 1.807) is 6.33 Å². The number of morpholine rings is 1. The number of carbonyl (C=O) groups is 1. The summed E-state index contributed by atoms with van der Waals surface area (Å²) in [6.45, 7) is 9.00. The lowest BCUT2D eigenvalue weighted by molar-refractivity contribution is -0.118. The predicted molar refractivity (Wildman–Crippen MR) is 119 cm³/mol. The Bertz CT molecular complexity index is 1110. The number of hydrogen-bond acceptors (Lipinski definition) is 6. The normalized spacial score (nSPS) is 22.8. The molecule has 2 aliphatic heterocycles. The van der Waals surface area contributed by atoms with Gasteiger partial charge in [-0.05, 0) is 11.0 Å². The number of rotatable bonds is 4. The number of fused-ring (bicyclic) bond motifs is 1. The number of benzene rings is 1. The molecule has 3 heterocycles. The first kappa shape index (κ1) is 21.1. The lowest BCUT2D eigenvalue weighted by Gasteiger charge is -2.38. The van der Waals surface area contributed by atoms with Crippen molar-refractivity contribution in [2.45, 2.75) is 39.2 Å². The molecule has 0 amide bonds. The van der Waals surface area contributed by atoms with Crippen LogP contribution in [0.1, 0.15) is 43.7 Å². The number of aromatic nitrogens is 2. The van der Waals surface area contributed by atoms with Gasteiger partial charge in [0.05, 0.1) is 18.8 Å². The molecule has 168 valence electrons. The summed E-state index contributed by atoms with van der Waals surface area (Å²) in [4.78, 5) is 20.3. The van der Waals surface area contributed by atoms with Gasteiger partial charge in [0.25, 0.3) is 0 Å². The second-order valence-corrected chi connectivity index (χ2v) is 9.68. The Labute approximate surface area is 188 Å². The van der Waals surface area contributed by atoms with Crippen molar-refractivity contribution in [3.05, 3.63) is 64.6 Å². The first-order chi connectivity index (χ1) is 15.4. The molecule has 0 bridgehead atoms. The van der Waals surface area contributed by atoms with Crippen LogP contribution in [-0.4, -0.2) is 53.1 Å². The third-order valence-corrected chi connectivity index (χ3v) is 6.66. The summed E-state index contributed by atoms with van der Waals surface area (Å²) >= 11 is 0. The van der Waals surface area contributed by atoms with Crippen LogP contribution in [0.4, 0.5) is 0 Å². The van der Waals surface area contributed by atoms with Crippen molar-refractivity contribution in [2.75, 3.05) is 32.8 Å². The molecule has 1 aromatic carbocycles. The number of ether oxygens (including phenoxy) is 2. The van der Waals surface area contributed by atoms with Crippen LogP contribution in [0.25, 0.3) is 0 Å². The molecule has 0 saturated carbocycles. The quantitative estimate of drug-likeness (QED) is 0.800. The Morgan fingerprint density at radius 3 is 2.62 bits per heavy atom. The number of nitrogens with zero attached hydrogens (tertiary/aromatic N) is 3. The number of ketones is 1. The second-order valence-electron chi connectivity index (χ2n) is 9.68. The molecule has 1 aliphatic carbocycles. The summed E-state index contributed by atoms with van der Waals surface area (Å²) < 4.78 is 13.5. The fraction of sp³-hybridized carbons (Fsp3) is 0.480. The highest BCUT2D eigenvalue weighted by Crippen LogP contribution is 2.48. The maximum absolute atomic E-state index is 13.3. The number of nitrogens with one attached hydrogen (secondary N) is 1. The van der Waals surface area contributed by atoms with Gasteiger partial charge in [-0.15, -0.1) is 0 Å². The molecular formula is C25H30N4O3. The van der Waals surface area contributed by atoms with E-state index >= 15 is 0 Å². The summed E-state index contributed by atoms with van der Waals surface area (Å²) in [6, 6.07) is 9.99. The molecule has 1 atom stereocenters. The van der Waals surface area contributed by atoms with Crippen molar-refractivity contribution in [1.29, 1.82) is 5.41 Å². The van der Waals surface area contributed by atoms with Crippen LogP contribution in [0.2, 0.25) is 0 Å². The van der Waals surface area contributed by atoms with Crippen LogP contribution < -0.4 is 10.2 Å². The molecule has 0 radical (unpaired) electrons. The zero-order valence-electron chi connectivity index (χ0n) is 18.8. The highest BCUT2D eigenvalue weighted by atomic mass is 16.5. The number of Topliss-reactive ketones (excluding diaryl/α,β-unsaturated/α-hetero) is 1. The Morgan fingerprint density at radius 2 is 1.88 bits per heavy atom.